The minimum Gasteiger partial charge on any atom is -0.484 e. The highest BCUT2D eigenvalue weighted by Crippen LogP contribution is 2.23. The number of thiophene rings is 1. The number of carbonyl (C=O) groups is 2. The summed E-state index contributed by atoms with van der Waals surface area (Å²) in [4.78, 5) is 24.5. The molecule has 1 heterocycles. The van der Waals surface area contributed by atoms with Gasteiger partial charge in [0.05, 0.1) is 11.3 Å². The molecular weight excluding hydrogens is 462 g/mol. The number of nitrogens with one attached hydrogen (secondary N) is 3. The Morgan fingerprint density at radius 2 is 1.84 bits per heavy atom. The molecule has 0 saturated carbocycles. The van der Waals surface area contributed by atoms with E-state index in [4.69, 9.17) is 16.3 Å². The maximum Gasteiger partial charge on any atom is 0.276 e. The fraction of sp³-hybridized carbons (Fsp3) is 0.100. The average molecular weight is 480 g/mol. The highest BCUT2D eigenvalue weighted by atomic mass is 35.5. The van der Waals surface area contributed by atoms with Gasteiger partial charge in [-0.05, 0) is 54.3 Å². The number of halogens is 1. The van der Waals surface area contributed by atoms with Crippen molar-refractivity contribution in [3.05, 3.63) is 76.1 Å². The van der Waals surface area contributed by atoms with Crippen molar-refractivity contribution in [1.82, 2.24) is 10.9 Å². The van der Waals surface area contributed by atoms with Crippen molar-refractivity contribution in [3.63, 3.8) is 0 Å². The van der Waals surface area contributed by atoms with Crippen molar-refractivity contribution in [1.29, 1.82) is 0 Å². The Labute approximate surface area is 188 Å². The van der Waals surface area contributed by atoms with Crippen molar-refractivity contribution in [2.45, 2.75) is 11.1 Å². The number of hydrogen-bond donors (Lipinski definition) is 3. The van der Waals surface area contributed by atoms with Crippen molar-refractivity contribution >= 4 is 50.5 Å². The average Bonchev–Trinajstić information content (AvgIpc) is 3.29. The maximum absolute atomic E-state index is 12.5. The minimum atomic E-state index is -3.83. The molecule has 0 aliphatic rings. The van der Waals surface area contributed by atoms with Crippen LogP contribution in [-0.4, -0.2) is 26.8 Å². The van der Waals surface area contributed by atoms with Gasteiger partial charge in [-0.25, -0.2) is 8.42 Å². The molecule has 0 bridgehead atoms. The summed E-state index contributed by atoms with van der Waals surface area (Å²) in [6, 6.07) is 14.1. The molecule has 3 rings (SSSR count). The molecule has 0 spiro atoms. The summed E-state index contributed by atoms with van der Waals surface area (Å²) in [6.45, 7) is 1.47. The zero-order valence-corrected chi connectivity index (χ0v) is 18.6. The van der Waals surface area contributed by atoms with Gasteiger partial charge in [-0.1, -0.05) is 29.8 Å². The van der Waals surface area contributed by atoms with Crippen molar-refractivity contribution in [3.8, 4) is 5.75 Å². The number of ether oxygens (including phenoxy) is 1. The molecule has 0 atom stereocenters. The van der Waals surface area contributed by atoms with Gasteiger partial charge in [-0.2, -0.15) is 0 Å². The van der Waals surface area contributed by atoms with E-state index in [1.54, 1.807) is 48.7 Å². The Morgan fingerprint density at radius 1 is 1.06 bits per heavy atom. The second-order valence-corrected chi connectivity index (χ2v) is 9.55. The SMILES string of the molecule is Cc1cc(OCC(=O)NNC(=O)c2ccccc2NS(=O)(=O)c2cccs2)ccc1Cl. The van der Waals surface area contributed by atoms with E-state index in [1.807, 2.05) is 0 Å². The van der Waals surface area contributed by atoms with Crippen LogP contribution in [0.1, 0.15) is 15.9 Å². The van der Waals surface area contributed by atoms with E-state index in [2.05, 4.69) is 15.6 Å². The van der Waals surface area contributed by atoms with E-state index < -0.39 is 21.8 Å². The third-order valence-corrected chi connectivity index (χ3v) is 7.18. The van der Waals surface area contributed by atoms with E-state index >= 15 is 0 Å². The third kappa shape index (κ3) is 5.97. The second-order valence-electron chi connectivity index (χ2n) is 6.29. The molecular formula is C20H18ClN3O5S2. The fourth-order valence-corrected chi connectivity index (χ4v) is 4.66. The van der Waals surface area contributed by atoms with Crippen LogP contribution < -0.4 is 20.3 Å². The molecule has 1 aromatic heterocycles. The molecule has 11 heteroatoms. The summed E-state index contributed by atoms with van der Waals surface area (Å²) in [5.41, 5.74) is 5.39. The Kier molecular flexibility index (Phi) is 7.16. The molecule has 3 N–H and O–H groups in total. The first-order valence-corrected chi connectivity index (χ1v) is 11.6. The predicted octanol–water partition coefficient (Wildman–Crippen LogP) is 3.35. The minimum absolute atomic E-state index is 0.0391. The van der Waals surface area contributed by atoms with E-state index in [1.165, 1.54) is 18.2 Å². The van der Waals surface area contributed by atoms with Crippen LogP contribution in [0, 0.1) is 6.92 Å². The van der Waals surface area contributed by atoms with Gasteiger partial charge in [-0.15, -0.1) is 11.3 Å². The lowest BCUT2D eigenvalue weighted by Gasteiger charge is -2.13. The van der Waals surface area contributed by atoms with Gasteiger partial charge in [0, 0.05) is 5.02 Å². The molecule has 0 unspecified atom stereocenters. The van der Waals surface area contributed by atoms with E-state index in [0.717, 1.165) is 16.9 Å². The molecule has 8 nitrogen and oxygen atoms in total. The first-order valence-electron chi connectivity index (χ1n) is 8.90. The number of para-hydroxylation sites is 1. The zero-order chi connectivity index (χ0) is 22.4. The zero-order valence-electron chi connectivity index (χ0n) is 16.2. The van der Waals surface area contributed by atoms with E-state index in [9.17, 15) is 18.0 Å². The van der Waals surface area contributed by atoms with Crippen molar-refractivity contribution in [2.75, 3.05) is 11.3 Å². The fourth-order valence-electron chi connectivity index (χ4n) is 2.47. The predicted molar refractivity (Wildman–Crippen MR) is 119 cm³/mol. The van der Waals surface area contributed by atoms with Crippen LogP contribution in [0.15, 0.2) is 64.2 Å². The standard InChI is InChI=1S/C20H18ClN3O5S2/c1-13-11-14(8-9-16(13)21)29-12-18(25)22-23-20(26)15-5-2-3-6-17(15)24-31(27,28)19-7-4-10-30-19/h2-11,24H,12H2,1H3,(H,22,25)(H,23,26). The number of benzene rings is 2. The monoisotopic (exact) mass is 479 g/mol. The quantitative estimate of drug-likeness (QED) is 0.450. The number of sulfonamides is 1. The summed E-state index contributed by atoms with van der Waals surface area (Å²) >= 11 is 7.00. The Hall–Kier alpha value is -3.08. The van der Waals surface area contributed by atoms with Crippen LogP contribution in [0.3, 0.4) is 0 Å². The molecule has 0 aliphatic carbocycles. The normalized spacial score (nSPS) is 10.9. The number of hydrogen-bond acceptors (Lipinski definition) is 6. The molecule has 0 aliphatic heterocycles. The summed E-state index contributed by atoms with van der Waals surface area (Å²) in [5, 5.41) is 2.22. The molecule has 2 amide bonds. The Balaban J connectivity index is 1.59. The lowest BCUT2D eigenvalue weighted by molar-refractivity contribution is -0.123. The molecule has 0 saturated heterocycles. The lowest BCUT2D eigenvalue weighted by Crippen LogP contribution is -2.44. The van der Waals surface area contributed by atoms with Crippen LogP contribution in [0.4, 0.5) is 5.69 Å². The topological polar surface area (TPSA) is 114 Å². The molecule has 2 aromatic carbocycles. The van der Waals surface area contributed by atoms with Crippen LogP contribution in [0.5, 0.6) is 5.75 Å². The number of rotatable bonds is 7. The van der Waals surface area contributed by atoms with Gasteiger partial charge < -0.3 is 4.74 Å². The molecule has 0 radical (unpaired) electrons. The lowest BCUT2D eigenvalue weighted by atomic mass is 10.2. The van der Waals surface area contributed by atoms with Crippen LogP contribution >= 0.6 is 22.9 Å². The smallest absolute Gasteiger partial charge is 0.276 e. The number of hydrazine groups is 1. The molecule has 0 fully saturated rings. The van der Waals surface area contributed by atoms with Crippen molar-refractivity contribution in [2.24, 2.45) is 0 Å². The summed E-state index contributed by atoms with van der Waals surface area (Å²) in [7, 11) is -3.83. The van der Waals surface area contributed by atoms with E-state index in [-0.39, 0.29) is 22.1 Å². The number of aryl methyl sites for hydroxylation is 1. The van der Waals surface area contributed by atoms with Gasteiger partial charge in [0.25, 0.3) is 21.8 Å². The van der Waals surface area contributed by atoms with Crippen LogP contribution in [0.2, 0.25) is 5.02 Å². The number of carbonyl (C=O) groups excluding carboxylic acids is 2. The van der Waals surface area contributed by atoms with Crippen molar-refractivity contribution < 1.29 is 22.7 Å². The van der Waals surface area contributed by atoms with Gasteiger partial charge in [0.2, 0.25) is 0 Å². The maximum atomic E-state index is 12.5. The number of amides is 2. The summed E-state index contributed by atoms with van der Waals surface area (Å²) in [5.74, 6) is -0.838. The Bertz CT molecular complexity index is 1200. The first-order chi connectivity index (χ1) is 14.8. The summed E-state index contributed by atoms with van der Waals surface area (Å²) < 4.78 is 32.7. The van der Waals surface area contributed by atoms with E-state index in [0.29, 0.717) is 10.8 Å². The van der Waals surface area contributed by atoms with Gasteiger partial charge in [0.15, 0.2) is 6.61 Å². The highest BCUT2D eigenvalue weighted by Gasteiger charge is 2.19. The van der Waals surface area contributed by atoms with Crippen LogP contribution in [0.25, 0.3) is 0 Å². The third-order valence-electron chi connectivity index (χ3n) is 3.99. The Morgan fingerprint density at radius 3 is 2.55 bits per heavy atom. The first kappa shape index (κ1) is 22.6. The number of anilines is 1. The van der Waals surface area contributed by atoms with Crippen LogP contribution in [-0.2, 0) is 14.8 Å². The molecule has 3 aromatic rings. The molecule has 31 heavy (non-hydrogen) atoms. The highest BCUT2D eigenvalue weighted by molar-refractivity contribution is 7.94. The second kappa shape index (κ2) is 9.82. The summed E-state index contributed by atoms with van der Waals surface area (Å²) in [6.07, 6.45) is 0. The largest absolute Gasteiger partial charge is 0.484 e. The molecule has 162 valence electrons. The van der Waals surface area contributed by atoms with Gasteiger partial charge in [0.1, 0.15) is 9.96 Å². The van der Waals surface area contributed by atoms with Gasteiger partial charge in [-0.3, -0.25) is 25.2 Å². The van der Waals surface area contributed by atoms with Gasteiger partial charge >= 0.3 is 0 Å².